The van der Waals surface area contributed by atoms with Gasteiger partial charge in [-0.3, -0.25) is 4.79 Å². The van der Waals surface area contributed by atoms with Gasteiger partial charge in [-0.2, -0.15) is 0 Å². The van der Waals surface area contributed by atoms with Gasteiger partial charge in [0.05, 0.1) is 26.2 Å². The van der Waals surface area contributed by atoms with E-state index in [0.29, 0.717) is 11.3 Å². The molecule has 4 nitrogen and oxygen atoms in total. The Hall–Kier alpha value is -1.55. The molecule has 0 bridgehead atoms. The SMILES string of the molecule is COC(=O)CCOc1ccccc1[C@H](C)O. The largest absolute Gasteiger partial charge is 0.493 e. The van der Waals surface area contributed by atoms with Gasteiger partial charge in [0, 0.05) is 5.56 Å². The summed E-state index contributed by atoms with van der Waals surface area (Å²) in [5.74, 6) is 0.288. The number of hydrogen-bond acceptors (Lipinski definition) is 4. The fourth-order valence-electron chi connectivity index (χ4n) is 1.30. The fraction of sp³-hybridized carbons (Fsp3) is 0.417. The average molecular weight is 224 g/mol. The second-order valence-corrected chi connectivity index (χ2v) is 3.39. The lowest BCUT2D eigenvalue weighted by Gasteiger charge is -2.12. The molecular weight excluding hydrogens is 208 g/mol. The molecule has 1 atom stereocenters. The zero-order chi connectivity index (χ0) is 12.0. The molecule has 0 aliphatic rings. The summed E-state index contributed by atoms with van der Waals surface area (Å²) >= 11 is 0. The normalized spacial score (nSPS) is 11.9. The highest BCUT2D eigenvalue weighted by atomic mass is 16.5. The van der Waals surface area contributed by atoms with Crippen LogP contribution in [0.4, 0.5) is 0 Å². The molecule has 4 heteroatoms. The van der Waals surface area contributed by atoms with Gasteiger partial charge in [-0.15, -0.1) is 0 Å². The van der Waals surface area contributed by atoms with E-state index in [1.54, 1.807) is 19.1 Å². The van der Waals surface area contributed by atoms with Gasteiger partial charge < -0.3 is 14.6 Å². The van der Waals surface area contributed by atoms with Gasteiger partial charge in [-0.05, 0) is 13.0 Å². The lowest BCUT2D eigenvalue weighted by atomic mass is 10.1. The van der Waals surface area contributed by atoms with Crippen LogP contribution < -0.4 is 4.74 Å². The van der Waals surface area contributed by atoms with Gasteiger partial charge in [0.25, 0.3) is 0 Å². The molecule has 1 N–H and O–H groups in total. The third-order valence-corrected chi connectivity index (χ3v) is 2.16. The number of rotatable bonds is 5. The van der Waals surface area contributed by atoms with E-state index in [9.17, 15) is 9.90 Å². The van der Waals surface area contributed by atoms with Crippen molar-refractivity contribution >= 4 is 5.97 Å². The molecule has 0 saturated heterocycles. The maximum atomic E-state index is 10.9. The number of esters is 1. The topological polar surface area (TPSA) is 55.8 Å². The minimum Gasteiger partial charge on any atom is -0.493 e. The maximum absolute atomic E-state index is 10.9. The molecule has 0 saturated carbocycles. The van der Waals surface area contributed by atoms with Crippen molar-refractivity contribution in [3.8, 4) is 5.75 Å². The summed E-state index contributed by atoms with van der Waals surface area (Å²) in [4.78, 5) is 10.9. The number of carbonyl (C=O) groups is 1. The molecule has 1 aromatic carbocycles. The molecule has 0 aliphatic heterocycles. The molecule has 0 aromatic heterocycles. The summed E-state index contributed by atoms with van der Waals surface area (Å²) in [5, 5.41) is 9.49. The predicted molar refractivity (Wildman–Crippen MR) is 59.2 cm³/mol. The smallest absolute Gasteiger partial charge is 0.308 e. The Bertz CT molecular complexity index is 347. The number of aliphatic hydroxyl groups is 1. The summed E-state index contributed by atoms with van der Waals surface area (Å²) in [5.41, 5.74) is 0.715. The Morgan fingerprint density at radius 1 is 1.44 bits per heavy atom. The van der Waals surface area contributed by atoms with Gasteiger partial charge in [0.1, 0.15) is 5.75 Å². The van der Waals surface area contributed by atoms with E-state index >= 15 is 0 Å². The molecular formula is C12H16O4. The Kier molecular flexibility index (Phi) is 4.79. The van der Waals surface area contributed by atoms with Crippen LogP contribution in [0.15, 0.2) is 24.3 Å². The molecule has 0 fully saturated rings. The van der Waals surface area contributed by atoms with E-state index in [2.05, 4.69) is 4.74 Å². The fourth-order valence-corrected chi connectivity index (χ4v) is 1.30. The van der Waals surface area contributed by atoms with Crippen LogP contribution in [0.5, 0.6) is 5.75 Å². The van der Waals surface area contributed by atoms with E-state index in [-0.39, 0.29) is 19.0 Å². The highest BCUT2D eigenvalue weighted by molar-refractivity contribution is 5.69. The number of para-hydroxylation sites is 1. The lowest BCUT2D eigenvalue weighted by Crippen LogP contribution is -2.08. The van der Waals surface area contributed by atoms with E-state index < -0.39 is 6.10 Å². The zero-order valence-electron chi connectivity index (χ0n) is 9.47. The van der Waals surface area contributed by atoms with E-state index in [1.165, 1.54) is 7.11 Å². The van der Waals surface area contributed by atoms with E-state index in [1.807, 2.05) is 12.1 Å². The second-order valence-electron chi connectivity index (χ2n) is 3.39. The van der Waals surface area contributed by atoms with Gasteiger partial charge in [0.15, 0.2) is 0 Å². The third-order valence-electron chi connectivity index (χ3n) is 2.16. The molecule has 0 radical (unpaired) electrons. The summed E-state index contributed by atoms with van der Waals surface area (Å²) in [6.45, 7) is 1.92. The first-order valence-corrected chi connectivity index (χ1v) is 5.11. The Morgan fingerprint density at radius 3 is 2.75 bits per heavy atom. The number of benzene rings is 1. The van der Waals surface area contributed by atoms with Crippen LogP contribution in [0.3, 0.4) is 0 Å². The van der Waals surface area contributed by atoms with Gasteiger partial charge in [-0.1, -0.05) is 18.2 Å². The number of ether oxygens (including phenoxy) is 2. The first-order chi connectivity index (χ1) is 7.65. The lowest BCUT2D eigenvalue weighted by molar-refractivity contribution is -0.141. The van der Waals surface area contributed by atoms with Gasteiger partial charge in [0.2, 0.25) is 0 Å². The molecule has 0 amide bonds. The van der Waals surface area contributed by atoms with Crippen LogP contribution in [0.2, 0.25) is 0 Å². The number of hydrogen-bond donors (Lipinski definition) is 1. The van der Waals surface area contributed by atoms with Crippen LogP contribution in [-0.4, -0.2) is 24.8 Å². The minimum absolute atomic E-state index is 0.199. The summed E-state index contributed by atoms with van der Waals surface area (Å²) in [7, 11) is 1.34. The third kappa shape index (κ3) is 3.55. The quantitative estimate of drug-likeness (QED) is 0.773. The Morgan fingerprint density at radius 2 is 2.12 bits per heavy atom. The number of carbonyl (C=O) groups excluding carboxylic acids is 1. The first kappa shape index (κ1) is 12.5. The molecule has 1 aromatic rings. The molecule has 16 heavy (non-hydrogen) atoms. The first-order valence-electron chi connectivity index (χ1n) is 5.11. The summed E-state index contributed by atoms with van der Waals surface area (Å²) in [6.07, 6.45) is -0.390. The summed E-state index contributed by atoms with van der Waals surface area (Å²) < 4.78 is 9.91. The van der Waals surface area contributed by atoms with Crippen molar-refractivity contribution in [2.24, 2.45) is 0 Å². The van der Waals surface area contributed by atoms with Crippen molar-refractivity contribution in [1.29, 1.82) is 0 Å². The second kappa shape index (κ2) is 6.12. The highest BCUT2D eigenvalue weighted by Crippen LogP contribution is 2.24. The Balaban J connectivity index is 2.56. The predicted octanol–water partition coefficient (Wildman–Crippen LogP) is 1.68. The maximum Gasteiger partial charge on any atom is 0.308 e. The van der Waals surface area contributed by atoms with Crippen molar-refractivity contribution in [2.45, 2.75) is 19.4 Å². The molecule has 1 rings (SSSR count). The average Bonchev–Trinajstić information content (AvgIpc) is 2.29. The van der Waals surface area contributed by atoms with Crippen molar-refractivity contribution in [2.75, 3.05) is 13.7 Å². The number of methoxy groups -OCH3 is 1. The van der Waals surface area contributed by atoms with Crippen LogP contribution >= 0.6 is 0 Å². The van der Waals surface area contributed by atoms with Crippen LogP contribution in [-0.2, 0) is 9.53 Å². The molecule has 0 heterocycles. The van der Waals surface area contributed by atoms with Crippen LogP contribution in [0, 0.1) is 0 Å². The monoisotopic (exact) mass is 224 g/mol. The van der Waals surface area contributed by atoms with Gasteiger partial charge in [-0.25, -0.2) is 0 Å². The van der Waals surface area contributed by atoms with E-state index in [4.69, 9.17) is 4.74 Å². The summed E-state index contributed by atoms with van der Waals surface area (Å²) in [6, 6.07) is 7.20. The van der Waals surface area contributed by atoms with Crippen LogP contribution in [0.1, 0.15) is 25.0 Å². The van der Waals surface area contributed by atoms with Crippen molar-refractivity contribution in [1.82, 2.24) is 0 Å². The standard InChI is InChI=1S/C12H16O4/c1-9(13)10-5-3-4-6-11(10)16-8-7-12(14)15-2/h3-6,9,13H,7-8H2,1-2H3/t9-/m0/s1. The molecule has 0 spiro atoms. The highest BCUT2D eigenvalue weighted by Gasteiger charge is 2.08. The van der Waals surface area contributed by atoms with Gasteiger partial charge >= 0.3 is 5.97 Å². The zero-order valence-corrected chi connectivity index (χ0v) is 9.47. The Labute approximate surface area is 94.8 Å². The van der Waals surface area contributed by atoms with Crippen molar-refractivity contribution in [3.05, 3.63) is 29.8 Å². The molecule has 88 valence electrons. The van der Waals surface area contributed by atoms with Crippen molar-refractivity contribution in [3.63, 3.8) is 0 Å². The molecule has 0 unspecified atom stereocenters. The van der Waals surface area contributed by atoms with Crippen molar-refractivity contribution < 1.29 is 19.4 Å². The molecule has 0 aliphatic carbocycles. The van der Waals surface area contributed by atoms with E-state index in [0.717, 1.165) is 0 Å². The number of aliphatic hydroxyl groups excluding tert-OH is 1. The van der Waals surface area contributed by atoms with Crippen LogP contribution in [0.25, 0.3) is 0 Å². The minimum atomic E-state index is -0.589.